The van der Waals surface area contributed by atoms with Crippen molar-refractivity contribution in [1.29, 1.82) is 0 Å². The minimum Gasteiger partial charge on any atom is -0.350 e. The SMILES string of the molecule is Cc1ccc(C)c(CSc2nc3cc(C(=O)NC(C)C)ccc3c(=O)n2Cc2ccccc2)c1. The van der Waals surface area contributed by atoms with Gasteiger partial charge in [-0.3, -0.25) is 14.2 Å². The summed E-state index contributed by atoms with van der Waals surface area (Å²) in [6.07, 6.45) is 0. The molecule has 5 nitrogen and oxygen atoms in total. The largest absolute Gasteiger partial charge is 0.350 e. The molecule has 0 atom stereocenters. The molecule has 1 N–H and O–H groups in total. The molecule has 1 heterocycles. The van der Waals surface area contributed by atoms with Gasteiger partial charge in [0.1, 0.15) is 0 Å². The van der Waals surface area contributed by atoms with Gasteiger partial charge in [0.25, 0.3) is 11.5 Å². The van der Waals surface area contributed by atoms with Crippen molar-refractivity contribution in [2.45, 2.75) is 51.2 Å². The average Bonchev–Trinajstić information content (AvgIpc) is 2.81. The van der Waals surface area contributed by atoms with E-state index in [1.165, 1.54) is 16.7 Å². The number of amides is 1. The summed E-state index contributed by atoms with van der Waals surface area (Å²) in [6, 6.07) is 21.5. The molecule has 174 valence electrons. The van der Waals surface area contributed by atoms with Crippen LogP contribution in [0.15, 0.2) is 76.7 Å². The van der Waals surface area contributed by atoms with Crippen molar-refractivity contribution in [2.24, 2.45) is 0 Å². The van der Waals surface area contributed by atoms with E-state index >= 15 is 0 Å². The lowest BCUT2D eigenvalue weighted by atomic mass is 10.1. The first-order chi connectivity index (χ1) is 16.3. The molecule has 0 aliphatic carbocycles. The van der Waals surface area contributed by atoms with Crippen LogP contribution in [0.4, 0.5) is 0 Å². The van der Waals surface area contributed by atoms with Crippen molar-refractivity contribution in [3.8, 4) is 0 Å². The van der Waals surface area contributed by atoms with Crippen molar-refractivity contribution < 1.29 is 4.79 Å². The van der Waals surface area contributed by atoms with E-state index in [4.69, 9.17) is 4.98 Å². The zero-order valence-corrected chi connectivity index (χ0v) is 20.8. The number of nitrogens with one attached hydrogen (secondary N) is 1. The zero-order valence-electron chi connectivity index (χ0n) is 20.0. The lowest BCUT2D eigenvalue weighted by Gasteiger charge is -2.15. The molecule has 0 fully saturated rings. The van der Waals surface area contributed by atoms with Gasteiger partial charge in [-0.2, -0.15) is 0 Å². The number of rotatable bonds is 7. The first-order valence-electron chi connectivity index (χ1n) is 11.4. The van der Waals surface area contributed by atoms with E-state index in [1.807, 2.05) is 44.2 Å². The molecule has 34 heavy (non-hydrogen) atoms. The third-order valence-electron chi connectivity index (χ3n) is 5.65. The molecule has 0 spiro atoms. The van der Waals surface area contributed by atoms with E-state index in [1.54, 1.807) is 34.5 Å². The van der Waals surface area contributed by atoms with Crippen molar-refractivity contribution in [3.63, 3.8) is 0 Å². The predicted octanol–water partition coefficient (Wildman–Crippen LogP) is 5.49. The molecule has 1 amide bonds. The zero-order chi connectivity index (χ0) is 24.2. The van der Waals surface area contributed by atoms with Gasteiger partial charge in [0.2, 0.25) is 0 Å². The molecule has 0 aliphatic heterocycles. The second-order valence-electron chi connectivity index (χ2n) is 8.85. The number of hydrogen-bond donors (Lipinski definition) is 1. The highest BCUT2D eigenvalue weighted by atomic mass is 32.2. The maximum atomic E-state index is 13.6. The second-order valence-corrected chi connectivity index (χ2v) is 9.79. The van der Waals surface area contributed by atoms with Gasteiger partial charge in [-0.15, -0.1) is 0 Å². The van der Waals surface area contributed by atoms with Gasteiger partial charge in [-0.05, 0) is 62.6 Å². The quantitative estimate of drug-likeness (QED) is 0.286. The van der Waals surface area contributed by atoms with Gasteiger partial charge in [0.15, 0.2) is 5.16 Å². The number of fused-ring (bicyclic) bond motifs is 1. The summed E-state index contributed by atoms with van der Waals surface area (Å²) in [7, 11) is 0. The van der Waals surface area contributed by atoms with Crippen molar-refractivity contribution in [1.82, 2.24) is 14.9 Å². The first kappa shape index (κ1) is 23.8. The van der Waals surface area contributed by atoms with E-state index in [0.717, 1.165) is 5.56 Å². The molecular formula is C28H29N3O2S. The molecule has 0 saturated carbocycles. The Morgan fingerprint density at radius 2 is 1.79 bits per heavy atom. The minimum absolute atomic E-state index is 0.0266. The monoisotopic (exact) mass is 471 g/mol. The van der Waals surface area contributed by atoms with Crippen molar-refractivity contribution in [2.75, 3.05) is 0 Å². The summed E-state index contributed by atoms with van der Waals surface area (Å²) in [5.74, 6) is 0.532. The molecule has 6 heteroatoms. The van der Waals surface area contributed by atoms with Gasteiger partial charge < -0.3 is 5.32 Å². The molecule has 3 aromatic carbocycles. The smallest absolute Gasteiger partial charge is 0.262 e. The van der Waals surface area contributed by atoms with Crippen LogP contribution in [0.25, 0.3) is 10.9 Å². The fourth-order valence-corrected chi connectivity index (χ4v) is 4.86. The summed E-state index contributed by atoms with van der Waals surface area (Å²) in [5.41, 5.74) is 5.60. The Bertz CT molecular complexity index is 1390. The van der Waals surface area contributed by atoms with Crippen LogP contribution in [0.1, 0.15) is 46.5 Å². The van der Waals surface area contributed by atoms with Crippen LogP contribution >= 0.6 is 11.8 Å². The van der Waals surface area contributed by atoms with Crippen LogP contribution in [0, 0.1) is 13.8 Å². The summed E-state index contributed by atoms with van der Waals surface area (Å²) in [6.45, 7) is 8.45. The van der Waals surface area contributed by atoms with E-state index in [0.29, 0.717) is 33.9 Å². The molecule has 0 bridgehead atoms. The molecular weight excluding hydrogens is 442 g/mol. The lowest BCUT2D eigenvalue weighted by molar-refractivity contribution is 0.0943. The number of hydrogen-bond acceptors (Lipinski definition) is 4. The predicted molar refractivity (Wildman–Crippen MR) is 140 cm³/mol. The minimum atomic E-state index is -0.170. The van der Waals surface area contributed by atoms with Crippen LogP contribution in [-0.2, 0) is 12.3 Å². The number of aryl methyl sites for hydroxylation is 2. The highest BCUT2D eigenvalue weighted by molar-refractivity contribution is 7.98. The van der Waals surface area contributed by atoms with E-state index < -0.39 is 0 Å². The summed E-state index contributed by atoms with van der Waals surface area (Å²) < 4.78 is 1.74. The first-order valence-corrected chi connectivity index (χ1v) is 12.4. The number of carbonyl (C=O) groups excluding carboxylic acids is 1. The number of benzene rings is 3. The number of carbonyl (C=O) groups is 1. The Morgan fingerprint density at radius 3 is 2.53 bits per heavy atom. The molecule has 4 aromatic rings. The van der Waals surface area contributed by atoms with Crippen molar-refractivity contribution in [3.05, 3.63) is 105 Å². The van der Waals surface area contributed by atoms with Gasteiger partial charge in [0.05, 0.1) is 17.4 Å². The number of nitrogens with zero attached hydrogens (tertiary/aromatic N) is 2. The Kier molecular flexibility index (Phi) is 7.17. The van der Waals surface area contributed by atoms with E-state index in [2.05, 4.69) is 37.4 Å². The lowest BCUT2D eigenvalue weighted by Crippen LogP contribution is -2.30. The summed E-state index contributed by atoms with van der Waals surface area (Å²) in [5, 5.41) is 4.05. The maximum absolute atomic E-state index is 13.6. The van der Waals surface area contributed by atoms with E-state index in [9.17, 15) is 9.59 Å². The molecule has 0 aliphatic rings. The van der Waals surface area contributed by atoms with Crippen LogP contribution < -0.4 is 10.9 Å². The molecule has 0 saturated heterocycles. The van der Waals surface area contributed by atoms with E-state index in [-0.39, 0.29) is 17.5 Å². The van der Waals surface area contributed by atoms with Crippen LogP contribution in [0.2, 0.25) is 0 Å². The number of thioether (sulfide) groups is 1. The Hall–Kier alpha value is -3.38. The van der Waals surface area contributed by atoms with Crippen LogP contribution in [0.3, 0.4) is 0 Å². The van der Waals surface area contributed by atoms with Gasteiger partial charge in [-0.25, -0.2) is 4.98 Å². The third kappa shape index (κ3) is 5.39. The summed E-state index contributed by atoms with van der Waals surface area (Å²) in [4.78, 5) is 31.0. The highest BCUT2D eigenvalue weighted by Gasteiger charge is 2.15. The second kappa shape index (κ2) is 10.3. The maximum Gasteiger partial charge on any atom is 0.262 e. The fraction of sp³-hybridized carbons (Fsp3) is 0.250. The Balaban J connectivity index is 1.78. The normalized spacial score (nSPS) is 11.2. The average molecular weight is 472 g/mol. The van der Waals surface area contributed by atoms with Gasteiger partial charge in [-0.1, -0.05) is 65.9 Å². The molecule has 0 radical (unpaired) electrons. The van der Waals surface area contributed by atoms with Crippen LogP contribution in [-0.4, -0.2) is 21.5 Å². The molecule has 4 rings (SSSR count). The number of aromatic nitrogens is 2. The molecule has 0 unspecified atom stereocenters. The van der Waals surface area contributed by atoms with Crippen LogP contribution in [0.5, 0.6) is 0 Å². The summed E-state index contributed by atoms with van der Waals surface area (Å²) >= 11 is 1.55. The Labute approximate surface area is 204 Å². The standard InChI is InChI=1S/C28H29N3O2S/c1-18(2)29-26(32)22-12-13-24-25(15-22)30-28(34-17-23-14-19(3)10-11-20(23)4)31(27(24)33)16-21-8-6-5-7-9-21/h5-15,18H,16-17H2,1-4H3,(H,29,32). The highest BCUT2D eigenvalue weighted by Crippen LogP contribution is 2.25. The fourth-order valence-electron chi connectivity index (χ4n) is 3.80. The molecule has 1 aromatic heterocycles. The van der Waals surface area contributed by atoms with Crippen molar-refractivity contribution >= 4 is 28.6 Å². The Morgan fingerprint density at radius 1 is 1.03 bits per heavy atom. The third-order valence-corrected chi connectivity index (χ3v) is 6.67. The topological polar surface area (TPSA) is 64.0 Å². The van der Waals surface area contributed by atoms with Gasteiger partial charge >= 0.3 is 0 Å². The van der Waals surface area contributed by atoms with Gasteiger partial charge in [0, 0.05) is 17.4 Å².